The normalized spacial score (nSPS) is 15.4. The molecule has 2 heterocycles. The van der Waals surface area contributed by atoms with Crippen LogP contribution in [0.3, 0.4) is 0 Å². The van der Waals surface area contributed by atoms with E-state index in [1.807, 2.05) is 13.0 Å². The van der Waals surface area contributed by atoms with Crippen molar-refractivity contribution < 1.29 is 4.42 Å². The van der Waals surface area contributed by atoms with Crippen molar-refractivity contribution in [3.63, 3.8) is 0 Å². The molecule has 2 aromatic rings. The molecule has 0 spiro atoms. The summed E-state index contributed by atoms with van der Waals surface area (Å²) in [5.74, 6) is 2.18. The van der Waals surface area contributed by atoms with E-state index < -0.39 is 0 Å². The van der Waals surface area contributed by atoms with Crippen molar-refractivity contribution in [3.05, 3.63) is 28.6 Å². The molecule has 1 saturated carbocycles. The molecule has 1 aliphatic carbocycles. The first-order valence-electron chi connectivity index (χ1n) is 5.84. The van der Waals surface area contributed by atoms with Gasteiger partial charge in [-0.25, -0.2) is 9.48 Å². The predicted octanol–water partition coefficient (Wildman–Crippen LogP) is 1.56. The van der Waals surface area contributed by atoms with Gasteiger partial charge in [-0.05, 0) is 31.7 Å². The zero-order valence-corrected chi connectivity index (χ0v) is 10.0. The minimum absolute atomic E-state index is 0.0502. The number of aromatic nitrogens is 3. The Morgan fingerprint density at radius 1 is 1.53 bits per heavy atom. The summed E-state index contributed by atoms with van der Waals surface area (Å²) in [5.41, 5.74) is 0.826. The fraction of sp³-hybridized carbons (Fsp3) is 0.500. The monoisotopic (exact) mass is 233 g/mol. The molecular formula is C12H15N3O2. The number of nitrogens with zero attached hydrogens (tertiary/aromatic N) is 3. The van der Waals surface area contributed by atoms with E-state index in [9.17, 15) is 4.79 Å². The summed E-state index contributed by atoms with van der Waals surface area (Å²) >= 11 is 0. The molecule has 5 heteroatoms. The third-order valence-corrected chi connectivity index (χ3v) is 3.13. The lowest BCUT2D eigenvalue weighted by atomic mass is 10.3. The van der Waals surface area contributed by atoms with Crippen molar-refractivity contribution in [2.75, 3.05) is 0 Å². The maximum Gasteiger partial charge on any atom is 0.345 e. The Morgan fingerprint density at radius 3 is 2.88 bits per heavy atom. The van der Waals surface area contributed by atoms with Gasteiger partial charge in [0.05, 0.1) is 5.56 Å². The third-order valence-electron chi connectivity index (χ3n) is 3.13. The maximum absolute atomic E-state index is 12.0. The Balaban J connectivity index is 2.08. The van der Waals surface area contributed by atoms with Gasteiger partial charge in [0, 0.05) is 13.6 Å². The van der Waals surface area contributed by atoms with Gasteiger partial charge in [-0.1, -0.05) is 0 Å². The standard InChI is InChI=1S/C12H15N3O2/c1-8-5-10(7-17-8)11-13-14(2)12(16)15(11)6-9-3-4-9/h5,7,9H,3-4,6H2,1-2H3. The van der Waals surface area contributed by atoms with Gasteiger partial charge >= 0.3 is 5.69 Å². The molecule has 17 heavy (non-hydrogen) atoms. The van der Waals surface area contributed by atoms with Crippen molar-refractivity contribution in [1.29, 1.82) is 0 Å². The van der Waals surface area contributed by atoms with Crippen molar-refractivity contribution in [1.82, 2.24) is 14.3 Å². The Morgan fingerprint density at radius 2 is 2.29 bits per heavy atom. The van der Waals surface area contributed by atoms with Crippen molar-refractivity contribution in [2.24, 2.45) is 13.0 Å². The van der Waals surface area contributed by atoms with E-state index in [0.29, 0.717) is 11.7 Å². The first-order chi connectivity index (χ1) is 8.15. The highest BCUT2D eigenvalue weighted by molar-refractivity contribution is 5.53. The molecule has 0 atom stereocenters. The summed E-state index contributed by atoms with van der Waals surface area (Å²) < 4.78 is 8.42. The molecule has 90 valence electrons. The number of rotatable bonds is 3. The molecule has 0 aromatic carbocycles. The molecule has 5 nitrogen and oxygen atoms in total. The van der Waals surface area contributed by atoms with E-state index in [1.54, 1.807) is 17.9 Å². The second-order valence-electron chi connectivity index (χ2n) is 4.73. The predicted molar refractivity (Wildman–Crippen MR) is 62.6 cm³/mol. The van der Waals surface area contributed by atoms with Crippen LogP contribution in [0.2, 0.25) is 0 Å². The van der Waals surface area contributed by atoms with Crippen LogP contribution in [0.4, 0.5) is 0 Å². The summed E-state index contributed by atoms with van der Waals surface area (Å²) in [6.45, 7) is 2.65. The van der Waals surface area contributed by atoms with Gasteiger partial charge in [0.1, 0.15) is 12.0 Å². The van der Waals surface area contributed by atoms with E-state index in [1.165, 1.54) is 17.5 Å². The largest absolute Gasteiger partial charge is 0.469 e. The molecule has 0 aliphatic heterocycles. The van der Waals surface area contributed by atoms with Crippen LogP contribution in [0.1, 0.15) is 18.6 Å². The van der Waals surface area contributed by atoms with E-state index in [-0.39, 0.29) is 5.69 Å². The topological polar surface area (TPSA) is 53.0 Å². The Kier molecular flexibility index (Phi) is 2.21. The maximum atomic E-state index is 12.0. The minimum atomic E-state index is -0.0502. The Bertz CT molecular complexity index is 602. The van der Waals surface area contributed by atoms with E-state index in [2.05, 4.69) is 5.10 Å². The molecule has 0 unspecified atom stereocenters. The van der Waals surface area contributed by atoms with Gasteiger partial charge in [0.15, 0.2) is 5.82 Å². The highest BCUT2D eigenvalue weighted by atomic mass is 16.3. The van der Waals surface area contributed by atoms with Gasteiger partial charge in [0.2, 0.25) is 0 Å². The molecular weight excluding hydrogens is 218 g/mol. The van der Waals surface area contributed by atoms with Crippen molar-refractivity contribution in [3.8, 4) is 11.4 Å². The highest BCUT2D eigenvalue weighted by Gasteiger charge is 2.25. The number of furan rings is 1. The van der Waals surface area contributed by atoms with Gasteiger partial charge in [-0.15, -0.1) is 5.10 Å². The van der Waals surface area contributed by atoms with Crippen LogP contribution in [0.25, 0.3) is 11.4 Å². The molecule has 3 rings (SSSR count). The van der Waals surface area contributed by atoms with Crippen LogP contribution in [0.15, 0.2) is 21.5 Å². The SMILES string of the molecule is Cc1cc(-c2nn(C)c(=O)n2CC2CC2)co1. The van der Waals surface area contributed by atoms with Crippen LogP contribution in [-0.2, 0) is 13.6 Å². The molecule has 1 fully saturated rings. The summed E-state index contributed by atoms with van der Waals surface area (Å²) in [5, 5.41) is 4.28. The zero-order valence-electron chi connectivity index (χ0n) is 10.0. The molecule has 1 aliphatic rings. The van der Waals surface area contributed by atoms with Crippen LogP contribution in [0, 0.1) is 12.8 Å². The van der Waals surface area contributed by atoms with Gasteiger partial charge < -0.3 is 4.42 Å². The average Bonchev–Trinajstić information content (AvgIpc) is 2.95. The van der Waals surface area contributed by atoms with E-state index in [0.717, 1.165) is 17.9 Å². The van der Waals surface area contributed by atoms with Crippen LogP contribution in [-0.4, -0.2) is 14.3 Å². The quantitative estimate of drug-likeness (QED) is 0.808. The summed E-state index contributed by atoms with van der Waals surface area (Å²) in [6.07, 6.45) is 4.08. The number of hydrogen-bond donors (Lipinski definition) is 0. The van der Waals surface area contributed by atoms with Crippen LogP contribution >= 0.6 is 0 Å². The lowest BCUT2D eigenvalue weighted by Crippen LogP contribution is -2.23. The number of aryl methyl sites for hydroxylation is 2. The van der Waals surface area contributed by atoms with Crippen molar-refractivity contribution >= 4 is 0 Å². The zero-order chi connectivity index (χ0) is 12.0. The first-order valence-corrected chi connectivity index (χ1v) is 5.84. The van der Waals surface area contributed by atoms with Crippen LogP contribution < -0.4 is 5.69 Å². The molecule has 0 N–H and O–H groups in total. The molecule has 0 amide bonds. The van der Waals surface area contributed by atoms with Gasteiger partial charge in [-0.2, -0.15) is 0 Å². The second-order valence-corrected chi connectivity index (χ2v) is 4.73. The Hall–Kier alpha value is -1.78. The lowest BCUT2D eigenvalue weighted by Gasteiger charge is -2.01. The summed E-state index contributed by atoms with van der Waals surface area (Å²) in [4.78, 5) is 12.0. The Labute approximate surface area is 98.7 Å². The molecule has 2 aromatic heterocycles. The van der Waals surface area contributed by atoms with Gasteiger partial charge in [-0.3, -0.25) is 4.57 Å². The summed E-state index contributed by atoms with van der Waals surface area (Å²) in [6, 6.07) is 1.91. The minimum Gasteiger partial charge on any atom is -0.469 e. The first kappa shape index (κ1) is 10.4. The third kappa shape index (κ3) is 1.81. The fourth-order valence-electron chi connectivity index (χ4n) is 2.00. The highest BCUT2D eigenvalue weighted by Crippen LogP contribution is 2.31. The fourth-order valence-corrected chi connectivity index (χ4v) is 2.00. The lowest BCUT2D eigenvalue weighted by molar-refractivity contribution is 0.534. The molecule has 0 bridgehead atoms. The van der Waals surface area contributed by atoms with Crippen LogP contribution in [0.5, 0.6) is 0 Å². The molecule has 0 radical (unpaired) electrons. The van der Waals surface area contributed by atoms with E-state index >= 15 is 0 Å². The number of hydrogen-bond acceptors (Lipinski definition) is 3. The van der Waals surface area contributed by atoms with Crippen molar-refractivity contribution in [2.45, 2.75) is 26.3 Å². The summed E-state index contributed by atoms with van der Waals surface area (Å²) in [7, 11) is 1.68. The van der Waals surface area contributed by atoms with Gasteiger partial charge in [0.25, 0.3) is 0 Å². The molecule has 0 saturated heterocycles. The smallest absolute Gasteiger partial charge is 0.345 e. The van der Waals surface area contributed by atoms with E-state index in [4.69, 9.17) is 4.42 Å². The second kappa shape index (κ2) is 3.61. The average molecular weight is 233 g/mol.